The second-order valence-corrected chi connectivity index (χ2v) is 6.10. The van der Waals surface area contributed by atoms with E-state index < -0.39 is 0 Å². The van der Waals surface area contributed by atoms with Gasteiger partial charge in [-0.05, 0) is 55.2 Å². The van der Waals surface area contributed by atoms with Crippen LogP contribution >= 0.6 is 0 Å². The van der Waals surface area contributed by atoms with Crippen molar-refractivity contribution >= 4 is 11.4 Å². The molecule has 0 saturated heterocycles. The minimum atomic E-state index is 0.326. The normalized spacial score (nSPS) is 15.9. The minimum Gasteiger partial charge on any atom is -0.399 e. The zero-order valence-corrected chi connectivity index (χ0v) is 12.3. The van der Waals surface area contributed by atoms with Gasteiger partial charge in [0.05, 0.1) is 0 Å². The Morgan fingerprint density at radius 2 is 1.80 bits per heavy atom. The van der Waals surface area contributed by atoms with E-state index in [1.165, 1.54) is 29.7 Å². The van der Waals surface area contributed by atoms with Crippen LogP contribution in [0, 0.1) is 6.92 Å². The first-order valence-corrected chi connectivity index (χ1v) is 7.23. The smallest absolute Gasteiger partial charge is 0.0366 e. The van der Waals surface area contributed by atoms with E-state index in [0.29, 0.717) is 5.41 Å². The maximum atomic E-state index is 5.79. The van der Waals surface area contributed by atoms with Gasteiger partial charge in [-0.15, -0.1) is 0 Å². The quantitative estimate of drug-likeness (QED) is 0.854. The fourth-order valence-electron chi connectivity index (χ4n) is 2.94. The third kappa shape index (κ3) is 2.51. The van der Waals surface area contributed by atoms with Crippen LogP contribution in [0.3, 0.4) is 0 Å². The second-order valence-electron chi connectivity index (χ2n) is 6.10. The summed E-state index contributed by atoms with van der Waals surface area (Å²) in [5.41, 5.74) is 11.0. The van der Waals surface area contributed by atoms with Gasteiger partial charge in [0.25, 0.3) is 0 Å². The number of rotatable bonds is 4. The van der Waals surface area contributed by atoms with Gasteiger partial charge in [-0.3, -0.25) is 0 Å². The number of nitrogens with zero attached hydrogens (tertiary/aromatic N) is 1. The van der Waals surface area contributed by atoms with Crippen LogP contribution in [-0.2, 0) is 5.41 Å². The standard InChI is InChI=1S/C18H22N2/c1-14-4-3-5-17(12-14)20(2)13-18(10-11-18)15-6-8-16(19)9-7-15/h3-9,12H,10-11,13,19H2,1-2H3. The lowest BCUT2D eigenvalue weighted by molar-refractivity contribution is 0.673. The van der Waals surface area contributed by atoms with Crippen LogP contribution < -0.4 is 10.6 Å². The molecular weight excluding hydrogens is 244 g/mol. The zero-order valence-electron chi connectivity index (χ0n) is 12.3. The van der Waals surface area contributed by atoms with Crippen molar-refractivity contribution in [3.8, 4) is 0 Å². The molecule has 3 rings (SSSR count). The molecule has 1 aliphatic rings. The Bertz CT molecular complexity index is 597. The van der Waals surface area contributed by atoms with Crippen molar-refractivity contribution in [1.82, 2.24) is 0 Å². The van der Waals surface area contributed by atoms with Crippen molar-refractivity contribution in [3.63, 3.8) is 0 Å². The summed E-state index contributed by atoms with van der Waals surface area (Å²) in [4.78, 5) is 2.37. The highest BCUT2D eigenvalue weighted by Crippen LogP contribution is 2.49. The molecule has 1 fully saturated rings. The summed E-state index contributed by atoms with van der Waals surface area (Å²) >= 11 is 0. The summed E-state index contributed by atoms with van der Waals surface area (Å²) < 4.78 is 0. The van der Waals surface area contributed by atoms with Crippen molar-refractivity contribution in [2.45, 2.75) is 25.2 Å². The molecule has 2 N–H and O–H groups in total. The molecule has 20 heavy (non-hydrogen) atoms. The summed E-state index contributed by atoms with van der Waals surface area (Å²) in [7, 11) is 2.19. The monoisotopic (exact) mass is 266 g/mol. The van der Waals surface area contributed by atoms with Crippen molar-refractivity contribution in [1.29, 1.82) is 0 Å². The van der Waals surface area contributed by atoms with Crippen molar-refractivity contribution in [2.75, 3.05) is 24.2 Å². The average Bonchev–Trinajstić information content (AvgIpc) is 3.20. The number of nitrogens with two attached hydrogens (primary N) is 1. The van der Waals surface area contributed by atoms with E-state index in [1.807, 2.05) is 12.1 Å². The van der Waals surface area contributed by atoms with Crippen LogP contribution in [0.25, 0.3) is 0 Å². The molecule has 2 aromatic rings. The lowest BCUT2D eigenvalue weighted by Crippen LogP contribution is -2.29. The van der Waals surface area contributed by atoms with E-state index in [2.05, 4.69) is 55.3 Å². The number of hydrogen-bond donors (Lipinski definition) is 1. The number of anilines is 2. The fourth-order valence-corrected chi connectivity index (χ4v) is 2.94. The Hall–Kier alpha value is -1.96. The second kappa shape index (κ2) is 4.86. The van der Waals surface area contributed by atoms with Crippen LogP contribution in [0.5, 0.6) is 0 Å². The third-order valence-electron chi connectivity index (χ3n) is 4.36. The van der Waals surface area contributed by atoms with Gasteiger partial charge in [0, 0.05) is 30.4 Å². The number of benzene rings is 2. The van der Waals surface area contributed by atoms with Gasteiger partial charge in [-0.2, -0.15) is 0 Å². The molecule has 0 bridgehead atoms. The highest BCUT2D eigenvalue weighted by molar-refractivity contribution is 5.50. The first-order chi connectivity index (χ1) is 9.59. The largest absolute Gasteiger partial charge is 0.399 e. The zero-order chi connectivity index (χ0) is 14.2. The van der Waals surface area contributed by atoms with Gasteiger partial charge in [-0.1, -0.05) is 24.3 Å². The number of hydrogen-bond acceptors (Lipinski definition) is 2. The van der Waals surface area contributed by atoms with Crippen LogP contribution in [0.1, 0.15) is 24.0 Å². The predicted octanol–water partition coefficient (Wildman–Crippen LogP) is 3.75. The molecule has 2 nitrogen and oxygen atoms in total. The lowest BCUT2D eigenvalue weighted by Gasteiger charge is -2.26. The van der Waals surface area contributed by atoms with E-state index in [-0.39, 0.29) is 0 Å². The summed E-state index contributed by atoms with van der Waals surface area (Å²) in [5.74, 6) is 0. The van der Waals surface area contributed by atoms with E-state index in [4.69, 9.17) is 5.73 Å². The fraction of sp³-hybridized carbons (Fsp3) is 0.333. The molecule has 104 valence electrons. The third-order valence-corrected chi connectivity index (χ3v) is 4.36. The molecule has 2 aromatic carbocycles. The molecule has 0 atom stereocenters. The minimum absolute atomic E-state index is 0.326. The Morgan fingerprint density at radius 1 is 1.10 bits per heavy atom. The molecule has 0 aromatic heterocycles. The van der Waals surface area contributed by atoms with Gasteiger partial charge in [0.2, 0.25) is 0 Å². The summed E-state index contributed by atoms with van der Waals surface area (Å²) in [6, 6.07) is 17.1. The van der Waals surface area contributed by atoms with E-state index in [0.717, 1.165) is 12.2 Å². The van der Waals surface area contributed by atoms with Gasteiger partial charge < -0.3 is 10.6 Å². The number of aryl methyl sites for hydroxylation is 1. The lowest BCUT2D eigenvalue weighted by atomic mass is 9.95. The van der Waals surface area contributed by atoms with Crippen molar-refractivity contribution < 1.29 is 0 Å². The van der Waals surface area contributed by atoms with Gasteiger partial charge >= 0.3 is 0 Å². The molecular formula is C18H22N2. The Kier molecular flexibility index (Phi) is 3.17. The van der Waals surface area contributed by atoms with Crippen LogP contribution in [-0.4, -0.2) is 13.6 Å². The van der Waals surface area contributed by atoms with E-state index in [9.17, 15) is 0 Å². The molecule has 0 heterocycles. The Balaban J connectivity index is 1.78. The molecule has 1 aliphatic carbocycles. The molecule has 0 unspecified atom stereocenters. The van der Waals surface area contributed by atoms with Gasteiger partial charge in [0.1, 0.15) is 0 Å². The summed E-state index contributed by atoms with van der Waals surface area (Å²) in [6.45, 7) is 3.21. The van der Waals surface area contributed by atoms with E-state index >= 15 is 0 Å². The van der Waals surface area contributed by atoms with Gasteiger partial charge in [0.15, 0.2) is 0 Å². The van der Waals surface area contributed by atoms with Crippen molar-refractivity contribution in [2.24, 2.45) is 0 Å². The molecule has 0 spiro atoms. The average molecular weight is 266 g/mol. The molecule has 1 saturated carbocycles. The summed E-state index contributed by atoms with van der Waals surface area (Å²) in [5, 5.41) is 0. The molecule has 2 heteroatoms. The predicted molar refractivity (Wildman–Crippen MR) is 86.2 cm³/mol. The Labute approximate surface area is 121 Å². The maximum Gasteiger partial charge on any atom is 0.0366 e. The van der Waals surface area contributed by atoms with Gasteiger partial charge in [-0.25, -0.2) is 0 Å². The molecule has 0 amide bonds. The topological polar surface area (TPSA) is 29.3 Å². The molecule has 0 radical (unpaired) electrons. The van der Waals surface area contributed by atoms with Crippen LogP contribution in [0.2, 0.25) is 0 Å². The SMILES string of the molecule is Cc1cccc(N(C)CC2(c3ccc(N)cc3)CC2)c1. The van der Waals surface area contributed by atoms with Crippen molar-refractivity contribution in [3.05, 3.63) is 59.7 Å². The number of nitrogen functional groups attached to an aromatic ring is 1. The summed E-state index contributed by atoms with van der Waals surface area (Å²) in [6.07, 6.45) is 2.54. The highest BCUT2D eigenvalue weighted by atomic mass is 15.1. The van der Waals surface area contributed by atoms with E-state index in [1.54, 1.807) is 0 Å². The van der Waals surface area contributed by atoms with Crippen LogP contribution in [0.15, 0.2) is 48.5 Å². The first kappa shape index (κ1) is 13.0. The number of likely N-dealkylation sites (N-methyl/N-ethyl adjacent to an activating group) is 1. The first-order valence-electron chi connectivity index (χ1n) is 7.23. The van der Waals surface area contributed by atoms with Crippen LogP contribution in [0.4, 0.5) is 11.4 Å². The maximum absolute atomic E-state index is 5.79. The molecule has 0 aliphatic heterocycles. The highest BCUT2D eigenvalue weighted by Gasteiger charge is 2.44. The Morgan fingerprint density at radius 3 is 2.40 bits per heavy atom.